The fraction of sp³-hybridized carbons (Fsp3) is 0.429. The Kier molecular flexibility index (Phi) is 4.74. The Bertz CT molecular complexity index is 190. The summed E-state index contributed by atoms with van der Waals surface area (Å²) < 4.78 is 0. The van der Waals surface area contributed by atoms with Crippen molar-refractivity contribution in [2.24, 2.45) is 5.73 Å². The van der Waals surface area contributed by atoms with Crippen LogP contribution in [0.3, 0.4) is 0 Å². The van der Waals surface area contributed by atoms with Crippen molar-refractivity contribution in [3.8, 4) is 0 Å². The highest BCUT2D eigenvalue weighted by Gasteiger charge is 2.02. The van der Waals surface area contributed by atoms with E-state index >= 15 is 0 Å². The van der Waals surface area contributed by atoms with Crippen LogP contribution in [0.15, 0.2) is 18.5 Å². The van der Waals surface area contributed by atoms with Crippen LogP contribution in [0.2, 0.25) is 0 Å². The molecule has 1 atom stereocenters. The van der Waals surface area contributed by atoms with Gasteiger partial charge in [0.15, 0.2) is 0 Å². The van der Waals surface area contributed by atoms with Gasteiger partial charge >= 0.3 is 0 Å². The van der Waals surface area contributed by atoms with Crippen molar-refractivity contribution in [2.45, 2.75) is 19.4 Å². The summed E-state index contributed by atoms with van der Waals surface area (Å²) in [5.74, 6) is 0.727. The summed E-state index contributed by atoms with van der Waals surface area (Å²) in [6.45, 7) is 2.01. The van der Waals surface area contributed by atoms with Crippen LogP contribution in [0.1, 0.15) is 25.2 Å². The highest BCUT2D eigenvalue weighted by atomic mass is 35.5. The van der Waals surface area contributed by atoms with Gasteiger partial charge in [-0.1, -0.05) is 6.92 Å². The fourth-order valence-corrected chi connectivity index (χ4v) is 0.685. The van der Waals surface area contributed by atoms with Gasteiger partial charge in [-0.05, 0) is 12.5 Å². The average molecular weight is 174 g/mol. The summed E-state index contributed by atoms with van der Waals surface area (Å²) in [6, 6.07) is 1.77. The van der Waals surface area contributed by atoms with Crippen molar-refractivity contribution in [3.63, 3.8) is 0 Å². The van der Waals surface area contributed by atoms with Gasteiger partial charge in [-0.2, -0.15) is 0 Å². The van der Waals surface area contributed by atoms with Crippen LogP contribution in [0.4, 0.5) is 0 Å². The SMILES string of the molecule is CCC(N)c1ncccn1.Cl. The molecule has 0 bridgehead atoms. The van der Waals surface area contributed by atoms with Gasteiger partial charge in [-0.25, -0.2) is 9.97 Å². The van der Waals surface area contributed by atoms with Crippen molar-refractivity contribution in [1.29, 1.82) is 0 Å². The Morgan fingerprint density at radius 1 is 1.45 bits per heavy atom. The number of hydrogen-bond donors (Lipinski definition) is 1. The zero-order valence-electron chi connectivity index (χ0n) is 6.40. The Morgan fingerprint density at radius 2 is 2.00 bits per heavy atom. The van der Waals surface area contributed by atoms with Crippen LogP contribution in [-0.4, -0.2) is 9.97 Å². The van der Waals surface area contributed by atoms with Crippen LogP contribution in [0.25, 0.3) is 0 Å². The van der Waals surface area contributed by atoms with E-state index in [-0.39, 0.29) is 18.4 Å². The molecular weight excluding hydrogens is 162 g/mol. The largest absolute Gasteiger partial charge is 0.321 e. The van der Waals surface area contributed by atoms with E-state index in [1.165, 1.54) is 0 Å². The Balaban J connectivity index is 0.000001000. The van der Waals surface area contributed by atoms with Gasteiger partial charge in [0.2, 0.25) is 0 Å². The molecule has 2 N–H and O–H groups in total. The third-order valence-corrected chi connectivity index (χ3v) is 1.36. The predicted octanol–water partition coefficient (Wildman–Crippen LogP) is 1.31. The van der Waals surface area contributed by atoms with Gasteiger partial charge in [0, 0.05) is 12.4 Å². The quantitative estimate of drug-likeness (QED) is 0.734. The fourth-order valence-electron chi connectivity index (χ4n) is 0.685. The lowest BCUT2D eigenvalue weighted by Crippen LogP contribution is -2.11. The van der Waals surface area contributed by atoms with Gasteiger partial charge in [-0.15, -0.1) is 12.4 Å². The summed E-state index contributed by atoms with van der Waals surface area (Å²) in [7, 11) is 0. The average Bonchev–Trinajstić information content (AvgIpc) is 2.05. The molecule has 0 aliphatic heterocycles. The van der Waals surface area contributed by atoms with E-state index in [0.29, 0.717) is 0 Å². The van der Waals surface area contributed by atoms with E-state index in [4.69, 9.17) is 5.73 Å². The molecule has 1 heterocycles. The third kappa shape index (κ3) is 2.82. The first-order valence-electron chi connectivity index (χ1n) is 3.37. The standard InChI is InChI=1S/C7H11N3.ClH/c1-2-6(8)7-9-4-3-5-10-7;/h3-6H,2,8H2,1H3;1H. The molecular formula is C7H12ClN3. The summed E-state index contributed by atoms with van der Waals surface area (Å²) in [6.07, 6.45) is 4.29. The zero-order chi connectivity index (χ0) is 7.40. The number of aromatic nitrogens is 2. The molecule has 0 fully saturated rings. The smallest absolute Gasteiger partial charge is 0.144 e. The molecule has 0 saturated heterocycles. The first-order valence-corrected chi connectivity index (χ1v) is 3.37. The van der Waals surface area contributed by atoms with Crippen LogP contribution < -0.4 is 5.73 Å². The zero-order valence-corrected chi connectivity index (χ0v) is 7.21. The van der Waals surface area contributed by atoms with Crippen molar-refractivity contribution in [2.75, 3.05) is 0 Å². The topological polar surface area (TPSA) is 51.8 Å². The van der Waals surface area contributed by atoms with Crippen molar-refractivity contribution in [3.05, 3.63) is 24.3 Å². The normalized spacial score (nSPS) is 11.8. The van der Waals surface area contributed by atoms with Crippen molar-refractivity contribution >= 4 is 12.4 Å². The lowest BCUT2D eigenvalue weighted by molar-refractivity contribution is 0.648. The minimum atomic E-state index is -0.0128. The maximum atomic E-state index is 5.67. The van der Waals surface area contributed by atoms with Gasteiger partial charge in [0.25, 0.3) is 0 Å². The summed E-state index contributed by atoms with van der Waals surface area (Å²) >= 11 is 0. The summed E-state index contributed by atoms with van der Waals surface area (Å²) in [5.41, 5.74) is 5.67. The van der Waals surface area contributed by atoms with Gasteiger partial charge in [0.05, 0.1) is 6.04 Å². The summed E-state index contributed by atoms with van der Waals surface area (Å²) in [5, 5.41) is 0. The highest BCUT2D eigenvalue weighted by Crippen LogP contribution is 2.04. The maximum Gasteiger partial charge on any atom is 0.144 e. The molecule has 1 aromatic heterocycles. The molecule has 62 valence electrons. The number of hydrogen-bond acceptors (Lipinski definition) is 3. The van der Waals surface area contributed by atoms with Crippen LogP contribution in [-0.2, 0) is 0 Å². The van der Waals surface area contributed by atoms with Gasteiger partial charge in [0.1, 0.15) is 5.82 Å². The molecule has 0 spiro atoms. The van der Waals surface area contributed by atoms with E-state index in [9.17, 15) is 0 Å². The molecule has 0 aromatic carbocycles. The maximum absolute atomic E-state index is 5.67. The Morgan fingerprint density at radius 3 is 2.45 bits per heavy atom. The van der Waals surface area contributed by atoms with Crippen LogP contribution in [0, 0.1) is 0 Å². The molecule has 0 amide bonds. The predicted molar refractivity (Wildman–Crippen MR) is 46.5 cm³/mol. The molecule has 1 rings (SSSR count). The van der Waals surface area contributed by atoms with Gasteiger partial charge in [-0.3, -0.25) is 0 Å². The van der Waals surface area contributed by atoms with Gasteiger partial charge < -0.3 is 5.73 Å². The monoisotopic (exact) mass is 173 g/mol. The first-order chi connectivity index (χ1) is 4.84. The second-order valence-electron chi connectivity index (χ2n) is 2.12. The Labute approximate surface area is 72.5 Å². The third-order valence-electron chi connectivity index (χ3n) is 1.36. The molecule has 0 aliphatic carbocycles. The number of nitrogens with zero attached hydrogens (tertiary/aromatic N) is 2. The van der Waals surface area contributed by atoms with Crippen LogP contribution in [0.5, 0.6) is 0 Å². The van der Waals surface area contributed by atoms with E-state index < -0.39 is 0 Å². The minimum Gasteiger partial charge on any atom is -0.321 e. The van der Waals surface area contributed by atoms with E-state index in [1.54, 1.807) is 18.5 Å². The molecule has 4 heteroatoms. The van der Waals surface area contributed by atoms with E-state index in [0.717, 1.165) is 12.2 Å². The van der Waals surface area contributed by atoms with Crippen molar-refractivity contribution < 1.29 is 0 Å². The van der Waals surface area contributed by atoms with Crippen LogP contribution >= 0.6 is 12.4 Å². The Hall–Kier alpha value is -0.670. The van der Waals surface area contributed by atoms with E-state index in [2.05, 4.69) is 9.97 Å². The molecule has 11 heavy (non-hydrogen) atoms. The highest BCUT2D eigenvalue weighted by molar-refractivity contribution is 5.85. The number of nitrogens with two attached hydrogens (primary N) is 1. The lowest BCUT2D eigenvalue weighted by Gasteiger charge is -2.04. The molecule has 0 aliphatic rings. The second kappa shape index (κ2) is 5.04. The molecule has 0 radical (unpaired) electrons. The minimum absolute atomic E-state index is 0. The summed E-state index contributed by atoms with van der Waals surface area (Å²) in [4.78, 5) is 8.03. The molecule has 1 unspecified atom stereocenters. The van der Waals surface area contributed by atoms with Crippen molar-refractivity contribution in [1.82, 2.24) is 9.97 Å². The molecule has 1 aromatic rings. The number of halogens is 1. The first kappa shape index (κ1) is 10.3. The second-order valence-corrected chi connectivity index (χ2v) is 2.12. The number of rotatable bonds is 2. The lowest BCUT2D eigenvalue weighted by atomic mass is 10.2. The van der Waals surface area contributed by atoms with E-state index in [1.807, 2.05) is 6.92 Å². The molecule has 0 saturated carbocycles. The molecule has 3 nitrogen and oxygen atoms in total.